The quantitative estimate of drug-likeness (QED) is 0.697. The lowest BCUT2D eigenvalue weighted by atomic mass is 10.1. The Kier molecular flexibility index (Phi) is 7.15. The van der Waals surface area contributed by atoms with Crippen molar-refractivity contribution in [3.63, 3.8) is 0 Å². The fourth-order valence-electron chi connectivity index (χ4n) is 3.88. The Labute approximate surface area is 179 Å². The average Bonchev–Trinajstić information content (AvgIpc) is 3.28. The molecule has 7 heteroatoms. The van der Waals surface area contributed by atoms with Crippen LogP contribution >= 0.6 is 0 Å². The number of nitrogens with one attached hydrogen (secondary N) is 1. The van der Waals surface area contributed by atoms with E-state index in [1.807, 2.05) is 45.0 Å². The minimum atomic E-state index is -3.64. The predicted octanol–water partition coefficient (Wildman–Crippen LogP) is 3.56. The van der Waals surface area contributed by atoms with Crippen LogP contribution in [-0.2, 0) is 16.6 Å². The second-order valence-electron chi connectivity index (χ2n) is 7.57. The minimum Gasteiger partial charge on any atom is -0.371 e. The van der Waals surface area contributed by atoms with Gasteiger partial charge in [-0.3, -0.25) is 4.79 Å². The zero-order valence-electron chi connectivity index (χ0n) is 18.0. The van der Waals surface area contributed by atoms with Gasteiger partial charge in [0.05, 0.1) is 10.5 Å². The van der Waals surface area contributed by atoms with Crippen LogP contribution in [0.4, 0.5) is 5.69 Å². The molecule has 3 rings (SSSR count). The van der Waals surface area contributed by atoms with Crippen molar-refractivity contribution in [2.75, 3.05) is 31.1 Å². The Morgan fingerprint density at radius 2 is 1.73 bits per heavy atom. The number of carbonyl (C=O) groups excluding carboxylic acids is 1. The van der Waals surface area contributed by atoms with Crippen molar-refractivity contribution >= 4 is 21.6 Å². The summed E-state index contributed by atoms with van der Waals surface area (Å²) in [4.78, 5) is 15.5. The first-order valence-electron chi connectivity index (χ1n) is 10.6. The number of benzene rings is 2. The Hall–Kier alpha value is -2.38. The summed E-state index contributed by atoms with van der Waals surface area (Å²) in [5.41, 5.74) is 3.36. The van der Waals surface area contributed by atoms with Gasteiger partial charge in [-0.15, -0.1) is 0 Å². The lowest BCUT2D eigenvalue weighted by Gasteiger charge is -2.23. The predicted molar refractivity (Wildman–Crippen MR) is 120 cm³/mol. The molecule has 6 nitrogen and oxygen atoms in total. The molecule has 0 spiro atoms. The highest BCUT2D eigenvalue weighted by atomic mass is 32.2. The van der Waals surface area contributed by atoms with Crippen molar-refractivity contribution in [1.29, 1.82) is 0 Å². The number of amides is 1. The number of aryl methyl sites for hydroxylation is 1. The third kappa shape index (κ3) is 4.68. The van der Waals surface area contributed by atoms with Crippen LogP contribution in [0.3, 0.4) is 0 Å². The molecule has 0 bridgehead atoms. The first-order valence-corrected chi connectivity index (χ1v) is 12.0. The van der Waals surface area contributed by atoms with Crippen molar-refractivity contribution in [3.05, 3.63) is 59.2 Å². The van der Waals surface area contributed by atoms with E-state index >= 15 is 0 Å². The average molecular weight is 430 g/mol. The van der Waals surface area contributed by atoms with E-state index < -0.39 is 10.0 Å². The van der Waals surface area contributed by atoms with Crippen LogP contribution in [0.25, 0.3) is 0 Å². The van der Waals surface area contributed by atoms with Gasteiger partial charge >= 0.3 is 0 Å². The van der Waals surface area contributed by atoms with E-state index in [1.54, 1.807) is 12.1 Å². The summed E-state index contributed by atoms with van der Waals surface area (Å²) in [5, 5.41) is 2.98. The number of rotatable bonds is 8. The number of anilines is 1. The number of hydrogen-bond donors (Lipinski definition) is 1. The summed E-state index contributed by atoms with van der Waals surface area (Å²) in [6.07, 6.45) is 2.15. The van der Waals surface area contributed by atoms with Crippen LogP contribution in [-0.4, -0.2) is 44.8 Å². The number of carbonyl (C=O) groups is 1. The van der Waals surface area contributed by atoms with Gasteiger partial charge in [-0.25, -0.2) is 8.42 Å². The van der Waals surface area contributed by atoms with Gasteiger partial charge in [0.15, 0.2) is 0 Å². The van der Waals surface area contributed by atoms with E-state index in [0.29, 0.717) is 25.2 Å². The number of hydrogen-bond acceptors (Lipinski definition) is 4. The van der Waals surface area contributed by atoms with E-state index in [-0.39, 0.29) is 10.8 Å². The summed E-state index contributed by atoms with van der Waals surface area (Å²) in [5.74, 6) is -0.253. The molecule has 1 saturated heterocycles. The van der Waals surface area contributed by atoms with Crippen LogP contribution in [0, 0.1) is 6.92 Å². The van der Waals surface area contributed by atoms with Crippen LogP contribution < -0.4 is 10.2 Å². The van der Waals surface area contributed by atoms with Crippen LogP contribution in [0.15, 0.2) is 47.4 Å². The third-order valence-corrected chi connectivity index (χ3v) is 7.75. The lowest BCUT2D eigenvalue weighted by Crippen LogP contribution is -2.32. The van der Waals surface area contributed by atoms with Crippen molar-refractivity contribution in [2.45, 2.75) is 45.1 Å². The Balaban J connectivity index is 1.94. The van der Waals surface area contributed by atoms with Crippen molar-refractivity contribution in [2.24, 2.45) is 0 Å². The Morgan fingerprint density at radius 1 is 1.07 bits per heavy atom. The molecular formula is C23H31N3O3S. The zero-order valence-corrected chi connectivity index (χ0v) is 18.8. The van der Waals surface area contributed by atoms with Gasteiger partial charge in [0, 0.05) is 38.4 Å². The molecule has 0 atom stereocenters. The highest BCUT2D eigenvalue weighted by Crippen LogP contribution is 2.28. The summed E-state index contributed by atoms with van der Waals surface area (Å²) in [6, 6.07) is 12.8. The first kappa shape index (κ1) is 22.3. The van der Waals surface area contributed by atoms with Gasteiger partial charge < -0.3 is 10.2 Å². The molecule has 1 fully saturated rings. The summed E-state index contributed by atoms with van der Waals surface area (Å²) in [7, 11) is -3.64. The van der Waals surface area contributed by atoms with Crippen LogP contribution in [0.2, 0.25) is 0 Å². The molecule has 1 aliphatic rings. The standard InChI is InChI=1S/C23H31N3O3S/c1-4-26(5-2)30(28,29)20-12-13-22(25-14-8-9-15-25)21(16-20)23(27)24-17-19-11-7-6-10-18(19)3/h6-7,10-13,16H,4-5,8-9,14-15,17H2,1-3H3,(H,24,27). The first-order chi connectivity index (χ1) is 14.4. The molecule has 1 heterocycles. The lowest BCUT2D eigenvalue weighted by molar-refractivity contribution is 0.0951. The van der Waals surface area contributed by atoms with E-state index in [2.05, 4.69) is 10.2 Å². The fourth-order valence-corrected chi connectivity index (χ4v) is 5.37. The topological polar surface area (TPSA) is 69.7 Å². The van der Waals surface area contributed by atoms with Crippen molar-refractivity contribution < 1.29 is 13.2 Å². The molecule has 1 amide bonds. The summed E-state index contributed by atoms with van der Waals surface area (Å²) in [6.45, 7) is 8.57. The summed E-state index contributed by atoms with van der Waals surface area (Å²) < 4.78 is 27.4. The van der Waals surface area contributed by atoms with E-state index in [4.69, 9.17) is 0 Å². The SMILES string of the molecule is CCN(CC)S(=O)(=O)c1ccc(N2CCCC2)c(C(=O)NCc2ccccc2C)c1. The van der Waals surface area contributed by atoms with E-state index in [0.717, 1.165) is 42.7 Å². The molecule has 1 aliphatic heterocycles. The second-order valence-corrected chi connectivity index (χ2v) is 9.51. The largest absolute Gasteiger partial charge is 0.371 e. The van der Waals surface area contributed by atoms with E-state index in [9.17, 15) is 13.2 Å². The molecule has 30 heavy (non-hydrogen) atoms. The Bertz CT molecular complexity index is 995. The van der Waals surface area contributed by atoms with Gasteiger partial charge in [0.1, 0.15) is 0 Å². The fraction of sp³-hybridized carbons (Fsp3) is 0.435. The van der Waals surface area contributed by atoms with Gasteiger partial charge in [0.25, 0.3) is 5.91 Å². The number of nitrogens with zero attached hydrogens (tertiary/aromatic N) is 2. The molecular weight excluding hydrogens is 398 g/mol. The van der Waals surface area contributed by atoms with Gasteiger partial charge in [-0.05, 0) is 49.1 Å². The van der Waals surface area contributed by atoms with Crippen molar-refractivity contribution in [1.82, 2.24) is 9.62 Å². The second kappa shape index (κ2) is 9.62. The number of sulfonamides is 1. The third-order valence-electron chi connectivity index (χ3n) is 5.70. The maximum absolute atomic E-state index is 13.1. The molecule has 0 unspecified atom stereocenters. The van der Waals surface area contributed by atoms with Crippen molar-refractivity contribution in [3.8, 4) is 0 Å². The van der Waals surface area contributed by atoms with Gasteiger partial charge in [-0.1, -0.05) is 38.1 Å². The molecule has 2 aromatic carbocycles. The van der Waals surface area contributed by atoms with Crippen LogP contribution in [0.1, 0.15) is 48.2 Å². The molecule has 0 radical (unpaired) electrons. The molecule has 2 aromatic rings. The van der Waals surface area contributed by atoms with E-state index in [1.165, 1.54) is 10.4 Å². The molecule has 0 aliphatic carbocycles. The maximum atomic E-state index is 13.1. The maximum Gasteiger partial charge on any atom is 0.253 e. The highest BCUT2D eigenvalue weighted by molar-refractivity contribution is 7.89. The monoisotopic (exact) mass is 429 g/mol. The smallest absolute Gasteiger partial charge is 0.253 e. The Morgan fingerprint density at radius 3 is 2.37 bits per heavy atom. The highest BCUT2D eigenvalue weighted by Gasteiger charge is 2.26. The van der Waals surface area contributed by atoms with Gasteiger partial charge in [-0.2, -0.15) is 4.31 Å². The van der Waals surface area contributed by atoms with Gasteiger partial charge in [0.2, 0.25) is 10.0 Å². The minimum absolute atomic E-state index is 0.162. The normalized spacial score (nSPS) is 14.3. The van der Waals surface area contributed by atoms with Crippen LogP contribution in [0.5, 0.6) is 0 Å². The molecule has 0 saturated carbocycles. The molecule has 0 aromatic heterocycles. The molecule has 162 valence electrons. The molecule has 1 N–H and O–H groups in total. The zero-order chi connectivity index (χ0) is 21.7. The summed E-state index contributed by atoms with van der Waals surface area (Å²) >= 11 is 0.